The molecule has 0 radical (unpaired) electrons. The third-order valence-electron chi connectivity index (χ3n) is 3.36. The minimum Gasteiger partial charge on any atom is -0.497 e. The number of aromatic nitrogens is 2. The Bertz CT molecular complexity index is 825. The van der Waals surface area contributed by atoms with Gasteiger partial charge in [-0.05, 0) is 59.3 Å². The number of anilines is 2. The van der Waals surface area contributed by atoms with Crippen LogP contribution in [0.2, 0.25) is 0 Å². The molecule has 0 spiro atoms. The predicted molar refractivity (Wildman–Crippen MR) is 103 cm³/mol. The van der Waals surface area contributed by atoms with Gasteiger partial charge in [0.1, 0.15) is 17.4 Å². The van der Waals surface area contributed by atoms with Crippen molar-refractivity contribution in [2.75, 3.05) is 12.4 Å². The number of nitrogens with zero attached hydrogens (tertiary/aromatic N) is 2. The number of hydrogen-bond donors (Lipinski definition) is 1. The molecular formula is C18H17BrClN3O. The molecule has 24 heavy (non-hydrogen) atoms. The molecule has 0 fully saturated rings. The number of nitrogens with one attached hydrogen (secondary N) is 1. The second kappa shape index (κ2) is 8.13. The third kappa shape index (κ3) is 4.24. The van der Waals surface area contributed by atoms with Crippen LogP contribution in [-0.4, -0.2) is 17.1 Å². The van der Waals surface area contributed by atoms with Gasteiger partial charge in [0, 0.05) is 16.1 Å². The average Bonchev–Trinajstić information content (AvgIpc) is 2.56. The maximum atomic E-state index is 5.19. The largest absolute Gasteiger partial charge is 0.497 e. The highest BCUT2D eigenvalue weighted by atomic mass is 79.9. The van der Waals surface area contributed by atoms with Gasteiger partial charge in [0.05, 0.1) is 18.5 Å². The van der Waals surface area contributed by atoms with E-state index in [1.54, 1.807) is 7.11 Å². The van der Waals surface area contributed by atoms with Gasteiger partial charge in [0.25, 0.3) is 0 Å². The fourth-order valence-electron chi connectivity index (χ4n) is 2.24. The van der Waals surface area contributed by atoms with E-state index in [-0.39, 0.29) is 12.4 Å². The molecule has 3 rings (SSSR count). The maximum absolute atomic E-state index is 5.19. The quantitative estimate of drug-likeness (QED) is 0.631. The van der Waals surface area contributed by atoms with E-state index in [1.807, 2.05) is 61.5 Å². The first-order chi connectivity index (χ1) is 11.2. The summed E-state index contributed by atoms with van der Waals surface area (Å²) in [5, 5.41) is 3.32. The molecule has 0 aliphatic carbocycles. The molecule has 0 amide bonds. The number of hydrogen-bond acceptors (Lipinski definition) is 4. The van der Waals surface area contributed by atoms with E-state index in [0.29, 0.717) is 5.82 Å². The molecule has 124 valence electrons. The molecule has 3 aromatic rings. The van der Waals surface area contributed by atoms with Crippen LogP contribution in [0.25, 0.3) is 11.3 Å². The lowest BCUT2D eigenvalue weighted by Gasteiger charge is -2.10. The maximum Gasteiger partial charge on any atom is 0.134 e. The van der Waals surface area contributed by atoms with Crippen LogP contribution in [0.15, 0.2) is 59.1 Å². The second-order valence-corrected chi connectivity index (χ2v) is 5.87. The highest BCUT2D eigenvalue weighted by Crippen LogP contribution is 2.27. The molecule has 2 aromatic carbocycles. The molecule has 0 aliphatic rings. The normalized spacial score (nSPS) is 9.96. The van der Waals surface area contributed by atoms with Crippen LogP contribution < -0.4 is 10.1 Å². The minimum absolute atomic E-state index is 0. The van der Waals surface area contributed by atoms with Crippen molar-refractivity contribution in [1.29, 1.82) is 0 Å². The number of benzene rings is 2. The number of aryl methyl sites for hydroxylation is 1. The van der Waals surface area contributed by atoms with Crippen LogP contribution in [0.3, 0.4) is 0 Å². The summed E-state index contributed by atoms with van der Waals surface area (Å²) in [6.45, 7) is 1.89. The number of halogens is 2. The van der Waals surface area contributed by atoms with E-state index >= 15 is 0 Å². The predicted octanol–water partition coefficient (Wildman–Crippen LogP) is 5.39. The Hall–Kier alpha value is -2.11. The molecule has 1 N–H and O–H groups in total. The first-order valence-electron chi connectivity index (χ1n) is 7.17. The number of rotatable bonds is 4. The Morgan fingerprint density at radius 3 is 2.38 bits per heavy atom. The number of methoxy groups -OCH3 is 1. The van der Waals surface area contributed by atoms with E-state index in [4.69, 9.17) is 4.74 Å². The second-order valence-electron chi connectivity index (χ2n) is 5.02. The molecule has 0 aliphatic heterocycles. The van der Waals surface area contributed by atoms with Crippen molar-refractivity contribution in [3.05, 3.63) is 64.9 Å². The van der Waals surface area contributed by atoms with Crippen molar-refractivity contribution in [3.63, 3.8) is 0 Å². The van der Waals surface area contributed by atoms with Gasteiger partial charge in [-0.15, -0.1) is 12.4 Å². The topological polar surface area (TPSA) is 47.0 Å². The molecule has 0 unspecified atom stereocenters. The molecule has 0 atom stereocenters. The average molecular weight is 407 g/mol. The Kier molecular flexibility index (Phi) is 6.17. The minimum atomic E-state index is 0. The van der Waals surface area contributed by atoms with Crippen LogP contribution in [-0.2, 0) is 0 Å². The van der Waals surface area contributed by atoms with Crippen molar-refractivity contribution in [1.82, 2.24) is 9.97 Å². The van der Waals surface area contributed by atoms with E-state index in [9.17, 15) is 0 Å². The van der Waals surface area contributed by atoms with Crippen LogP contribution >= 0.6 is 28.3 Å². The SMILES string of the molecule is COc1ccc(-c2cc(Nc3ccccc3Br)nc(C)n2)cc1.Cl. The fourth-order valence-corrected chi connectivity index (χ4v) is 2.63. The molecule has 6 heteroatoms. The number of para-hydroxylation sites is 1. The van der Waals surface area contributed by atoms with Gasteiger partial charge < -0.3 is 10.1 Å². The van der Waals surface area contributed by atoms with Gasteiger partial charge >= 0.3 is 0 Å². The zero-order valence-electron chi connectivity index (χ0n) is 13.3. The van der Waals surface area contributed by atoms with Crippen molar-refractivity contribution in [2.24, 2.45) is 0 Å². The number of ether oxygens (including phenoxy) is 1. The van der Waals surface area contributed by atoms with Gasteiger partial charge in [0.2, 0.25) is 0 Å². The highest BCUT2D eigenvalue weighted by molar-refractivity contribution is 9.10. The van der Waals surface area contributed by atoms with Gasteiger partial charge in [-0.1, -0.05) is 12.1 Å². The van der Waals surface area contributed by atoms with Gasteiger partial charge in [-0.3, -0.25) is 0 Å². The van der Waals surface area contributed by atoms with Crippen LogP contribution in [0, 0.1) is 6.92 Å². The smallest absolute Gasteiger partial charge is 0.134 e. The lowest BCUT2D eigenvalue weighted by atomic mass is 10.1. The summed E-state index contributed by atoms with van der Waals surface area (Å²) in [6, 6.07) is 17.7. The third-order valence-corrected chi connectivity index (χ3v) is 4.05. The standard InChI is InChI=1S/C18H16BrN3O.ClH/c1-12-20-17(13-7-9-14(23-2)10-8-13)11-18(21-12)22-16-6-4-3-5-15(16)19;/h3-11H,1-2H3,(H,20,21,22);1H. The molecule has 0 saturated carbocycles. The molecule has 0 saturated heterocycles. The van der Waals surface area contributed by atoms with Gasteiger partial charge in [-0.2, -0.15) is 0 Å². The summed E-state index contributed by atoms with van der Waals surface area (Å²) in [7, 11) is 1.66. The Balaban J connectivity index is 0.00000208. The van der Waals surface area contributed by atoms with E-state index in [2.05, 4.69) is 31.2 Å². The van der Waals surface area contributed by atoms with Crippen LogP contribution in [0.5, 0.6) is 5.75 Å². The molecule has 4 nitrogen and oxygen atoms in total. The summed E-state index contributed by atoms with van der Waals surface area (Å²) in [5.41, 5.74) is 2.85. The van der Waals surface area contributed by atoms with E-state index < -0.39 is 0 Å². The zero-order chi connectivity index (χ0) is 16.2. The summed E-state index contributed by atoms with van der Waals surface area (Å²) in [4.78, 5) is 8.98. The lowest BCUT2D eigenvalue weighted by Crippen LogP contribution is -1.99. The fraction of sp³-hybridized carbons (Fsp3) is 0.111. The van der Waals surface area contributed by atoms with Crippen molar-refractivity contribution in [2.45, 2.75) is 6.92 Å². The first kappa shape index (κ1) is 18.2. The van der Waals surface area contributed by atoms with Crippen LogP contribution in [0.1, 0.15) is 5.82 Å². The van der Waals surface area contributed by atoms with E-state index in [0.717, 1.165) is 33.0 Å². The summed E-state index contributed by atoms with van der Waals surface area (Å²) >= 11 is 3.53. The van der Waals surface area contributed by atoms with Crippen molar-refractivity contribution >= 4 is 39.8 Å². The van der Waals surface area contributed by atoms with Crippen LogP contribution in [0.4, 0.5) is 11.5 Å². The van der Waals surface area contributed by atoms with Gasteiger partial charge in [0.15, 0.2) is 0 Å². The highest BCUT2D eigenvalue weighted by Gasteiger charge is 2.06. The Morgan fingerprint density at radius 1 is 1.00 bits per heavy atom. The van der Waals surface area contributed by atoms with Crippen molar-refractivity contribution in [3.8, 4) is 17.0 Å². The Labute approximate surface area is 155 Å². The Morgan fingerprint density at radius 2 is 1.71 bits per heavy atom. The zero-order valence-corrected chi connectivity index (χ0v) is 15.7. The van der Waals surface area contributed by atoms with Crippen molar-refractivity contribution < 1.29 is 4.74 Å². The van der Waals surface area contributed by atoms with E-state index in [1.165, 1.54) is 0 Å². The molecule has 1 heterocycles. The monoisotopic (exact) mass is 405 g/mol. The summed E-state index contributed by atoms with van der Waals surface area (Å²) in [6.07, 6.45) is 0. The molecule has 1 aromatic heterocycles. The molecule has 0 bridgehead atoms. The summed E-state index contributed by atoms with van der Waals surface area (Å²) < 4.78 is 6.18. The first-order valence-corrected chi connectivity index (χ1v) is 7.96. The summed E-state index contributed by atoms with van der Waals surface area (Å²) in [5.74, 6) is 2.30. The lowest BCUT2D eigenvalue weighted by molar-refractivity contribution is 0.415. The van der Waals surface area contributed by atoms with Gasteiger partial charge in [-0.25, -0.2) is 9.97 Å². The molecular weight excluding hydrogens is 390 g/mol.